The molecular weight excluding hydrogens is 286 g/mol. The third-order valence-electron chi connectivity index (χ3n) is 3.34. The first kappa shape index (κ1) is 14.5. The molecule has 1 aliphatic rings. The van der Waals surface area contributed by atoms with Gasteiger partial charge in [0.2, 0.25) is 11.7 Å². The molecule has 22 heavy (non-hydrogen) atoms. The second-order valence-electron chi connectivity index (χ2n) is 4.94. The number of urea groups is 1. The third kappa shape index (κ3) is 3.22. The number of carbonyl (C=O) groups excluding carboxylic acids is 1. The van der Waals surface area contributed by atoms with Crippen molar-refractivity contribution in [3.63, 3.8) is 0 Å². The minimum atomic E-state index is -0.375. The van der Waals surface area contributed by atoms with Gasteiger partial charge in [0, 0.05) is 19.3 Å². The number of aromatic nitrogens is 3. The average Bonchev–Trinajstić information content (AvgIpc) is 3.06. The van der Waals surface area contributed by atoms with Crippen LogP contribution in [0, 0.1) is 0 Å². The van der Waals surface area contributed by atoms with Crippen LogP contribution in [0.25, 0.3) is 11.5 Å². The Kier molecular flexibility index (Phi) is 4.29. The van der Waals surface area contributed by atoms with Crippen LogP contribution in [-0.4, -0.2) is 52.4 Å². The Bertz CT molecular complexity index is 624. The van der Waals surface area contributed by atoms with Crippen LogP contribution in [0.15, 0.2) is 28.9 Å². The highest BCUT2D eigenvalue weighted by Crippen LogP contribution is 2.16. The van der Waals surface area contributed by atoms with Crippen LogP contribution < -0.4 is 5.32 Å². The molecule has 3 heterocycles. The van der Waals surface area contributed by atoms with Crippen molar-refractivity contribution >= 4 is 6.03 Å². The molecule has 2 amide bonds. The molecule has 0 saturated carbocycles. The van der Waals surface area contributed by atoms with E-state index in [-0.39, 0.29) is 12.1 Å². The van der Waals surface area contributed by atoms with Gasteiger partial charge < -0.3 is 19.5 Å². The lowest BCUT2D eigenvalue weighted by Gasteiger charge is -2.27. The number of hydrogen-bond donors (Lipinski definition) is 1. The van der Waals surface area contributed by atoms with Gasteiger partial charge in [0.15, 0.2) is 0 Å². The van der Waals surface area contributed by atoms with Gasteiger partial charge in [0.25, 0.3) is 0 Å². The topological polar surface area (TPSA) is 93.4 Å². The Balaban J connectivity index is 1.64. The van der Waals surface area contributed by atoms with E-state index >= 15 is 0 Å². The summed E-state index contributed by atoms with van der Waals surface area (Å²) in [6.07, 6.45) is 1.66. The fourth-order valence-corrected chi connectivity index (χ4v) is 2.11. The zero-order valence-corrected chi connectivity index (χ0v) is 12.2. The van der Waals surface area contributed by atoms with E-state index < -0.39 is 0 Å². The summed E-state index contributed by atoms with van der Waals surface area (Å²) in [5, 5.41) is 6.74. The predicted molar refractivity (Wildman–Crippen MR) is 76.9 cm³/mol. The monoisotopic (exact) mass is 303 g/mol. The first-order valence-electron chi connectivity index (χ1n) is 7.12. The number of morpholine rings is 1. The van der Waals surface area contributed by atoms with Gasteiger partial charge in [-0.2, -0.15) is 4.98 Å². The van der Waals surface area contributed by atoms with Crippen LogP contribution in [-0.2, 0) is 4.74 Å². The highest BCUT2D eigenvalue weighted by atomic mass is 16.5. The fraction of sp³-hybridized carbons (Fsp3) is 0.429. The molecule has 1 saturated heterocycles. The molecule has 1 N–H and O–H groups in total. The quantitative estimate of drug-likeness (QED) is 0.916. The molecule has 1 unspecified atom stereocenters. The van der Waals surface area contributed by atoms with Crippen molar-refractivity contribution in [3.05, 3.63) is 30.3 Å². The van der Waals surface area contributed by atoms with Gasteiger partial charge in [-0.25, -0.2) is 4.79 Å². The Morgan fingerprint density at radius 3 is 2.91 bits per heavy atom. The minimum Gasteiger partial charge on any atom is -0.378 e. The van der Waals surface area contributed by atoms with Crippen LogP contribution in [0.3, 0.4) is 0 Å². The molecule has 0 bridgehead atoms. The van der Waals surface area contributed by atoms with E-state index in [9.17, 15) is 4.79 Å². The highest BCUT2D eigenvalue weighted by molar-refractivity contribution is 5.74. The predicted octanol–water partition coefficient (Wildman–Crippen LogP) is 1.23. The number of hydrogen-bond acceptors (Lipinski definition) is 6. The lowest BCUT2D eigenvalue weighted by atomic mass is 10.3. The number of amides is 2. The van der Waals surface area contributed by atoms with Crippen molar-refractivity contribution in [1.82, 2.24) is 25.3 Å². The van der Waals surface area contributed by atoms with Crippen LogP contribution >= 0.6 is 0 Å². The first-order chi connectivity index (χ1) is 10.7. The molecule has 3 rings (SSSR count). The zero-order valence-electron chi connectivity index (χ0n) is 12.2. The van der Waals surface area contributed by atoms with Gasteiger partial charge in [-0.3, -0.25) is 4.98 Å². The van der Waals surface area contributed by atoms with Crippen LogP contribution in [0.5, 0.6) is 0 Å². The van der Waals surface area contributed by atoms with E-state index in [0.717, 1.165) is 0 Å². The van der Waals surface area contributed by atoms with Crippen molar-refractivity contribution in [1.29, 1.82) is 0 Å². The Hall–Kier alpha value is -2.48. The van der Waals surface area contributed by atoms with Gasteiger partial charge in [-0.15, -0.1) is 0 Å². The molecular formula is C14H17N5O3. The van der Waals surface area contributed by atoms with E-state index in [2.05, 4.69) is 20.4 Å². The van der Waals surface area contributed by atoms with Crippen molar-refractivity contribution in [2.45, 2.75) is 13.0 Å². The zero-order chi connectivity index (χ0) is 15.4. The minimum absolute atomic E-state index is 0.159. The van der Waals surface area contributed by atoms with E-state index in [0.29, 0.717) is 43.7 Å². The summed E-state index contributed by atoms with van der Waals surface area (Å²) >= 11 is 0. The lowest BCUT2D eigenvalue weighted by molar-refractivity contribution is 0.0523. The largest absolute Gasteiger partial charge is 0.378 e. The molecule has 0 aromatic carbocycles. The smallest absolute Gasteiger partial charge is 0.318 e. The number of nitrogens with one attached hydrogen (secondary N) is 1. The molecule has 0 radical (unpaired) electrons. The number of nitrogens with zero attached hydrogens (tertiary/aromatic N) is 4. The van der Waals surface area contributed by atoms with Crippen LogP contribution in [0.1, 0.15) is 18.9 Å². The summed E-state index contributed by atoms with van der Waals surface area (Å²) < 4.78 is 10.4. The molecule has 8 heteroatoms. The third-order valence-corrected chi connectivity index (χ3v) is 3.34. The molecule has 2 aromatic rings. The lowest BCUT2D eigenvalue weighted by Crippen LogP contribution is -2.46. The molecule has 0 aliphatic carbocycles. The van der Waals surface area contributed by atoms with E-state index in [1.807, 2.05) is 12.1 Å². The molecule has 1 fully saturated rings. The van der Waals surface area contributed by atoms with Gasteiger partial charge in [0.1, 0.15) is 11.7 Å². The second-order valence-corrected chi connectivity index (χ2v) is 4.94. The number of rotatable bonds is 3. The number of ether oxygens (including phenoxy) is 1. The summed E-state index contributed by atoms with van der Waals surface area (Å²) in [4.78, 5) is 22.3. The summed E-state index contributed by atoms with van der Waals surface area (Å²) in [6, 6.07) is 4.93. The maximum Gasteiger partial charge on any atom is 0.318 e. The molecule has 116 valence electrons. The van der Waals surface area contributed by atoms with Gasteiger partial charge >= 0.3 is 6.03 Å². The van der Waals surface area contributed by atoms with Crippen molar-refractivity contribution in [3.8, 4) is 11.5 Å². The molecule has 1 atom stereocenters. The number of pyridine rings is 1. The van der Waals surface area contributed by atoms with Crippen molar-refractivity contribution < 1.29 is 14.1 Å². The summed E-state index contributed by atoms with van der Waals surface area (Å²) in [5.41, 5.74) is 0.629. The summed E-state index contributed by atoms with van der Waals surface area (Å²) in [7, 11) is 0. The second kappa shape index (κ2) is 6.52. The Morgan fingerprint density at radius 1 is 1.36 bits per heavy atom. The van der Waals surface area contributed by atoms with Crippen LogP contribution in [0.2, 0.25) is 0 Å². The SMILES string of the molecule is CC(NC(=O)N1CCOCC1)c1nc(-c2ccccn2)no1. The van der Waals surface area contributed by atoms with Crippen LogP contribution in [0.4, 0.5) is 4.79 Å². The van der Waals surface area contributed by atoms with E-state index in [1.165, 1.54) is 0 Å². The van der Waals surface area contributed by atoms with Crippen molar-refractivity contribution in [2.75, 3.05) is 26.3 Å². The fourth-order valence-electron chi connectivity index (χ4n) is 2.11. The average molecular weight is 303 g/mol. The first-order valence-corrected chi connectivity index (χ1v) is 7.12. The molecule has 8 nitrogen and oxygen atoms in total. The standard InChI is InChI=1S/C14H17N5O3/c1-10(16-14(20)19-6-8-21-9-7-19)13-17-12(18-22-13)11-4-2-3-5-15-11/h2-5,10H,6-9H2,1H3,(H,16,20). The molecule has 2 aromatic heterocycles. The highest BCUT2D eigenvalue weighted by Gasteiger charge is 2.22. The van der Waals surface area contributed by atoms with E-state index in [1.54, 1.807) is 24.1 Å². The summed E-state index contributed by atoms with van der Waals surface area (Å²) in [5.74, 6) is 0.755. The Morgan fingerprint density at radius 2 is 2.18 bits per heavy atom. The number of carbonyl (C=O) groups is 1. The van der Waals surface area contributed by atoms with Crippen molar-refractivity contribution in [2.24, 2.45) is 0 Å². The van der Waals surface area contributed by atoms with Gasteiger partial charge in [-0.05, 0) is 19.1 Å². The Labute approximate surface area is 127 Å². The normalized spacial score (nSPS) is 16.3. The van der Waals surface area contributed by atoms with Gasteiger partial charge in [-0.1, -0.05) is 11.2 Å². The maximum absolute atomic E-state index is 12.1. The summed E-state index contributed by atoms with van der Waals surface area (Å²) in [6.45, 7) is 4.09. The maximum atomic E-state index is 12.1. The molecule has 0 spiro atoms. The van der Waals surface area contributed by atoms with Gasteiger partial charge in [0.05, 0.1) is 13.2 Å². The molecule has 1 aliphatic heterocycles. The van der Waals surface area contributed by atoms with E-state index in [4.69, 9.17) is 9.26 Å².